The molecule has 0 amide bonds. The van der Waals surface area contributed by atoms with Crippen molar-refractivity contribution in [1.82, 2.24) is 4.90 Å². The number of aliphatic hydroxyl groups excluding tert-OH is 1. The number of hydrogen-bond donors (Lipinski definition) is 1. The first-order valence-corrected chi connectivity index (χ1v) is 7.79. The Labute approximate surface area is 129 Å². The van der Waals surface area contributed by atoms with Crippen molar-refractivity contribution >= 4 is 0 Å². The number of nitrogens with zero attached hydrogens (tertiary/aromatic N) is 1. The third-order valence-corrected chi connectivity index (χ3v) is 5.73. The maximum atomic E-state index is 10.8. The summed E-state index contributed by atoms with van der Waals surface area (Å²) in [7, 11) is 1.75. The molecule has 5 heteroatoms. The molecule has 5 rings (SSSR count). The van der Waals surface area contributed by atoms with Crippen molar-refractivity contribution in [3.05, 3.63) is 35.4 Å². The standard InChI is InChI=1S/C17H19NO4/c1-20-11-2-3-17-12-6-14-13(21-9-22-14)4-10(12)7-18(8-16(17)19)15(17)5-11/h2-4,6,11,15-16,19H,5,7-9H2,1H3/t11-,15+,16?,17+/m1/s1. The second-order valence-corrected chi connectivity index (χ2v) is 6.63. The van der Waals surface area contributed by atoms with Crippen LogP contribution >= 0.6 is 0 Å². The van der Waals surface area contributed by atoms with E-state index >= 15 is 0 Å². The predicted octanol–water partition coefficient (Wildman–Crippen LogP) is 1.19. The average Bonchev–Trinajstić information content (AvgIpc) is 3.06. The molecule has 116 valence electrons. The molecule has 0 spiro atoms. The van der Waals surface area contributed by atoms with Crippen LogP contribution in [0.15, 0.2) is 24.3 Å². The zero-order chi connectivity index (χ0) is 14.9. The first kappa shape index (κ1) is 12.9. The molecule has 22 heavy (non-hydrogen) atoms. The Hall–Kier alpha value is -1.56. The second-order valence-electron chi connectivity index (χ2n) is 6.63. The Morgan fingerprint density at radius 2 is 2.14 bits per heavy atom. The van der Waals surface area contributed by atoms with Gasteiger partial charge in [0.1, 0.15) is 0 Å². The van der Waals surface area contributed by atoms with E-state index < -0.39 is 6.10 Å². The lowest BCUT2D eigenvalue weighted by Gasteiger charge is -2.46. The van der Waals surface area contributed by atoms with Gasteiger partial charge in [-0.05, 0) is 29.7 Å². The fourth-order valence-electron chi connectivity index (χ4n) is 4.69. The number of benzene rings is 1. The first-order valence-electron chi connectivity index (χ1n) is 7.79. The summed E-state index contributed by atoms with van der Waals surface area (Å²) in [5.74, 6) is 1.61. The molecule has 2 bridgehead atoms. The number of hydrogen-bond acceptors (Lipinski definition) is 5. The van der Waals surface area contributed by atoms with Crippen LogP contribution in [0.5, 0.6) is 11.5 Å². The minimum atomic E-state index is -0.395. The lowest BCUT2D eigenvalue weighted by Crippen LogP contribution is -2.52. The SMILES string of the molecule is CO[C@@H]1C=C[C@@]23c4cc5c(cc4CN(CC2O)[C@H]3C1)OCO5. The van der Waals surface area contributed by atoms with Crippen molar-refractivity contribution in [3.63, 3.8) is 0 Å². The average molecular weight is 301 g/mol. The predicted molar refractivity (Wildman–Crippen MR) is 79.0 cm³/mol. The largest absolute Gasteiger partial charge is 0.454 e. The van der Waals surface area contributed by atoms with E-state index in [1.54, 1.807) is 7.11 Å². The normalized spacial score (nSPS) is 40.5. The molecule has 2 unspecified atom stereocenters. The van der Waals surface area contributed by atoms with Gasteiger partial charge < -0.3 is 19.3 Å². The zero-order valence-electron chi connectivity index (χ0n) is 12.5. The van der Waals surface area contributed by atoms with Gasteiger partial charge in [-0.15, -0.1) is 0 Å². The van der Waals surface area contributed by atoms with Crippen LogP contribution in [0.3, 0.4) is 0 Å². The quantitative estimate of drug-likeness (QED) is 0.790. The molecule has 3 aliphatic heterocycles. The third-order valence-electron chi connectivity index (χ3n) is 5.73. The Morgan fingerprint density at radius 1 is 1.32 bits per heavy atom. The summed E-state index contributed by atoms with van der Waals surface area (Å²) >= 11 is 0. The molecule has 0 aromatic heterocycles. The monoisotopic (exact) mass is 301 g/mol. The maximum Gasteiger partial charge on any atom is 0.231 e. The fourth-order valence-corrected chi connectivity index (χ4v) is 4.69. The summed E-state index contributed by atoms with van der Waals surface area (Å²) in [5, 5.41) is 10.8. The Bertz CT molecular complexity index is 673. The van der Waals surface area contributed by atoms with E-state index in [2.05, 4.69) is 29.2 Å². The number of aliphatic hydroxyl groups is 1. The molecule has 1 fully saturated rings. The Morgan fingerprint density at radius 3 is 2.95 bits per heavy atom. The van der Waals surface area contributed by atoms with Crippen molar-refractivity contribution in [2.24, 2.45) is 0 Å². The van der Waals surface area contributed by atoms with Crippen molar-refractivity contribution in [2.45, 2.75) is 36.6 Å². The zero-order valence-corrected chi connectivity index (χ0v) is 12.5. The highest BCUT2D eigenvalue weighted by Gasteiger charge is 2.58. The van der Waals surface area contributed by atoms with Crippen LogP contribution in [0.4, 0.5) is 0 Å². The van der Waals surface area contributed by atoms with Crippen LogP contribution < -0.4 is 9.47 Å². The molecule has 1 aliphatic carbocycles. The molecule has 5 atom stereocenters. The highest BCUT2D eigenvalue weighted by molar-refractivity contribution is 5.56. The summed E-state index contributed by atoms with van der Waals surface area (Å²) in [6.07, 6.45) is 4.91. The van der Waals surface area contributed by atoms with Gasteiger partial charge in [0.2, 0.25) is 6.79 Å². The van der Waals surface area contributed by atoms with Gasteiger partial charge in [-0.3, -0.25) is 4.90 Å². The van der Waals surface area contributed by atoms with Crippen LogP contribution in [-0.4, -0.2) is 48.7 Å². The Balaban J connectivity index is 1.72. The summed E-state index contributed by atoms with van der Waals surface area (Å²) in [5.41, 5.74) is 2.08. The summed E-state index contributed by atoms with van der Waals surface area (Å²) in [6.45, 7) is 1.83. The summed E-state index contributed by atoms with van der Waals surface area (Å²) in [6, 6.07) is 4.44. The van der Waals surface area contributed by atoms with Crippen LogP contribution in [0.2, 0.25) is 0 Å². The van der Waals surface area contributed by atoms with Crippen LogP contribution in [0.1, 0.15) is 17.5 Å². The number of methoxy groups -OCH3 is 1. The van der Waals surface area contributed by atoms with Crippen molar-refractivity contribution in [2.75, 3.05) is 20.4 Å². The minimum Gasteiger partial charge on any atom is -0.454 e. The van der Waals surface area contributed by atoms with Gasteiger partial charge >= 0.3 is 0 Å². The number of ether oxygens (including phenoxy) is 3. The molecular formula is C17H19NO4. The van der Waals surface area contributed by atoms with E-state index in [1.165, 1.54) is 11.1 Å². The van der Waals surface area contributed by atoms with Crippen LogP contribution in [-0.2, 0) is 16.7 Å². The van der Waals surface area contributed by atoms with E-state index in [1.807, 2.05) is 0 Å². The van der Waals surface area contributed by atoms with Gasteiger partial charge in [0, 0.05) is 26.2 Å². The van der Waals surface area contributed by atoms with Crippen molar-refractivity contribution in [3.8, 4) is 11.5 Å². The second kappa shape index (κ2) is 4.25. The maximum absolute atomic E-state index is 10.8. The van der Waals surface area contributed by atoms with Gasteiger partial charge in [0.05, 0.1) is 17.6 Å². The number of fused-ring (bicyclic) bond motifs is 2. The van der Waals surface area contributed by atoms with E-state index in [4.69, 9.17) is 14.2 Å². The molecule has 1 aromatic rings. The van der Waals surface area contributed by atoms with Crippen molar-refractivity contribution in [1.29, 1.82) is 0 Å². The fraction of sp³-hybridized carbons (Fsp3) is 0.529. The van der Waals surface area contributed by atoms with Gasteiger partial charge in [0.25, 0.3) is 0 Å². The first-order chi connectivity index (χ1) is 10.7. The highest BCUT2D eigenvalue weighted by Crippen LogP contribution is 2.53. The van der Waals surface area contributed by atoms with E-state index in [0.29, 0.717) is 6.54 Å². The topological polar surface area (TPSA) is 51.2 Å². The van der Waals surface area contributed by atoms with E-state index in [0.717, 1.165) is 24.5 Å². The molecule has 1 aromatic carbocycles. The molecule has 0 saturated carbocycles. The lowest BCUT2D eigenvalue weighted by molar-refractivity contribution is 0.0660. The smallest absolute Gasteiger partial charge is 0.231 e. The molecule has 3 heterocycles. The molecule has 1 saturated heterocycles. The Kier molecular flexibility index (Phi) is 2.50. The van der Waals surface area contributed by atoms with Crippen molar-refractivity contribution < 1.29 is 19.3 Å². The molecule has 4 aliphatic rings. The van der Waals surface area contributed by atoms with E-state index in [9.17, 15) is 5.11 Å². The minimum absolute atomic E-state index is 0.126. The third kappa shape index (κ3) is 1.44. The molecular weight excluding hydrogens is 282 g/mol. The molecule has 0 radical (unpaired) electrons. The van der Waals surface area contributed by atoms with Gasteiger partial charge in [-0.2, -0.15) is 0 Å². The van der Waals surface area contributed by atoms with Crippen LogP contribution in [0, 0.1) is 0 Å². The van der Waals surface area contributed by atoms with Gasteiger partial charge in [-0.1, -0.05) is 12.2 Å². The highest BCUT2D eigenvalue weighted by atomic mass is 16.7. The summed E-state index contributed by atoms with van der Waals surface area (Å²) < 4.78 is 16.6. The van der Waals surface area contributed by atoms with Gasteiger partial charge in [0.15, 0.2) is 11.5 Å². The lowest BCUT2D eigenvalue weighted by atomic mass is 9.65. The molecule has 5 nitrogen and oxygen atoms in total. The van der Waals surface area contributed by atoms with E-state index in [-0.39, 0.29) is 24.4 Å². The number of rotatable bonds is 1. The summed E-state index contributed by atoms with van der Waals surface area (Å²) in [4.78, 5) is 2.38. The van der Waals surface area contributed by atoms with Crippen LogP contribution in [0.25, 0.3) is 0 Å². The van der Waals surface area contributed by atoms with Gasteiger partial charge in [-0.25, -0.2) is 0 Å². The molecule has 1 N–H and O–H groups in total.